The van der Waals surface area contributed by atoms with Crippen LogP contribution in [0.5, 0.6) is 0 Å². The normalized spacial score (nSPS) is 25.0. The zero-order chi connectivity index (χ0) is 24.9. The minimum Gasteiger partial charge on any atom is -0.481 e. The van der Waals surface area contributed by atoms with Crippen molar-refractivity contribution in [3.05, 3.63) is 69.7 Å². The Hall–Kier alpha value is -2.12. The average molecular weight is 519 g/mol. The predicted molar refractivity (Wildman–Crippen MR) is 137 cm³/mol. The third kappa shape index (κ3) is 6.56. The molecule has 0 spiro atoms. The highest BCUT2D eigenvalue weighted by molar-refractivity contribution is 6.30. The van der Waals surface area contributed by atoms with Crippen molar-refractivity contribution >= 4 is 35.1 Å². The fourth-order valence-corrected chi connectivity index (χ4v) is 5.84. The van der Waals surface area contributed by atoms with Gasteiger partial charge < -0.3 is 15.2 Å². The standard InChI is InChI=1S/C27H32Cl2N2O4/c1-17(13-24(31-9-11-35-12-10-31)18-5-7-21(28)8-6-18)26-23(19-3-2-4-22(29)14-19)15-20(16-25(32)33)27(34)30-26/h2-8,14,17,20,23-24,26H,9-13,15-16H2,1H3,(H,30,34)(H,32,33). The van der Waals surface area contributed by atoms with E-state index in [0.717, 1.165) is 25.1 Å². The summed E-state index contributed by atoms with van der Waals surface area (Å²) in [4.78, 5) is 26.8. The molecule has 0 radical (unpaired) electrons. The van der Waals surface area contributed by atoms with Crippen molar-refractivity contribution in [2.45, 2.75) is 44.2 Å². The minimum absolute atomic E-state index is 0.0266. The Morgan fingerprint density at radius 1 is 1.14 bits per heavy atom. The quantitative estimate of drug-likeness (QED) is 0.504. The fraction of sp³-hybridized carbons (Fsp3) is 0.481. The third-order valence-electron chi connectivity index (χ3n) is 7.30. The molecule has 2 aromatic carbocycles. The molecule has 35 heavy (non-hydrogen) atoms. The first-order chi connectivity index (χ1) is 16.8. The van der Waals surface area contributed by atoms with Crippen molar-refractivity contribution in [3.8, 4) is 0 Å². The number of nitrogens with one attached hydrogen (secondary N) is 1. The van der Waals surface area contributed by atoms with Crippen molar-refractivity contribution < 1.29 is 19.4 Å². The van der Waals surface area contributed by atoms with Crippen LogP contribution >= 0.6 is 23.2 Å². The molecule has 2 heterocycles. The van der Waals surface area contributed by atoms with Crippen LogP contribution in [0.15, 0.2) is 48.5 Å². The number of rotatable bonds is 8. The van der Waals surface area contributed by atoms with Crippen molar-refractivity contribution in [2.24, 2.45) is 11.8 Å². The van der Waals surface area contributed by atoms with Gasteiger partial charge in [-0.15, -0.1) is 0 Å². The van der Waals surface area contributed by atoms with Crippen LogP contribution in [0.3, 0.4) is 0 Å². The lowest BCUT2D eigenvalue weighted by Crippen LogP contribution is -2.52. The van der Waals surface area contributed by atoms with Gasteiger partial charge in [0.15, 0.2) is 0 Å². The monoisotopic (exact) mass is 518 g/mol. The molecule has 5 unspecified atom stereocenters. The predicted octanol–water partition coefficient (Wildman–Crippen LogP) is 5.16. The topological polar surface area (TPSA) is 78.9 Å². The minimum atomic E-state index is -0.961. The molecule has 0 aliphatic carbocycles. The molecule has 188 valence electrons. The molecule has 0 saturated carbocycles. The first-order valence-corrected chi connectivity index (χ1v) is 12.9. The van der Waals surface area contributed by atoms with Crippen LogP contribution in [-0.4, -0.2) is 54.2 Å². The molecule has 1 amide bonds. The lowest BCUT2D eigenvalue weighted by molar-refractivity contribution is -0.142. The first kappa shape index (κ1) is 26.0. The van der Waals surface area contributed by atoms with Crippen LogP contribution in [0.25, 0.3) is 0 Å². The second kappa shape index (κ2) is 11.7. The molecule has 2 saturated heterocycles. The van der Waals surface area contributed by atoms with Crippen LogP contribution in [0.1, 0.15) is 49.3 Å². The molecule has 8 heteroatoms. The molecular weight excluding hydrogens is 487 g/mol. The van der Waals surface area contributed by atoms with Crippen LogP contribution < -0.4 is 5.32 Å². The third-order valence-corrected chi connectivity index (χ3v) is 7.79. The Morgan fingerprint density at radius 2 is 1.86 bits per heavy atom. The maximum absolute atomic E-state index is 12.9. The number of ether oxygens (including phenoxy) is 1. The van der Waals surface area contributed by atoms with Crippen molar-refractivity contribution in [2.75, 3.05) is 26.3 Å². The molecule has 2 N–H and O–H groups in total. The van der Waals surface area contributed by atoms with Gasteiger partial charge in [-0.2, -0.15) is 0 Å². The molecule has 2 aromatic rings. The summed E-state index contributed by atoms with van der Waals surface area (Å²) >= 11 is 12.5. The second-order valence-electron chi connectivity index (χ2n) is 9.66. The summed E-state index contributed by atoms with van der Waals surface area (Å²) < 4.78 is 5.59. The van der Waals surface area contributed by atoms with Crippen LogP contribution in [-0.2, 0) is 14.3 Å². The van der Waals surface area contributed by atoms with Gasteiger partial charge in [0.1, 0.15) is 0 Å². The number of hydrogen-bond donors (Lipinski definition) is 2. The highest BCUT2D eigenvalue weighted by Crippen LogP contribution is 2.40. The van der Waals surface area contributed by atoms with E-state index in [-0.39, 0.29) is 36.2 Å². The Labute approximate surface area is 216 Å². The molecule has 2 fully saturated rings. The fourth-order valence-electron chi connectivity index (χ4n) is 5.52. The van der Waals surface area contributed by atoms with Crippen LogP contribution in [0.2, 0.25) is 10.0 Å². The number of carbonyl (C=O) groups excluding carboxylic acids is 1. The summed E-state index contributed by atoms with van der Waals surface area (Å²) in [5.41, 5.74) is 2.22. The molecule has 0 bridgehead atoms. The van der Waals surface area contributed by atoms with E-state index < -0.39 is 11.9 Å². The molecule has 6 nitrogen and oxygen atoms in total. The summed E-state index contributed by atoms with van der Waals surface area (Å²) in [6.07, 6.45) is 1.13. The molecule has 0 aromatic heterocycles. The summed E-state index contributed by atoms with van der Waals surface area (Å²) in [6.45, 7) is 5.25. The van der Waals surface area contributed by atoms with Gasteiger partial charge >= 0.3 is 5.97 Å². The number of halogens is 2. The largest absolute Gasteiger partial charge is 0.481 e. The second-order valence-corrected chi connectivity index (χ2v) is 10.5. The van der Waals surface area contributed by atoms with E-state index in [1.54, 1.807) is 0 Å². The van der Waals surface area contributed by atoms with Crippen LogP contribution in [0, 0.1) is 11.8 Å². The Morgan fingerprint density at radius 3 is 2.51 bits per heavy atom. The van der Waals surface area contributed by atoms with Gasteiger partial charge in [0, 0.05) is 47.1 Å². The highest BCUT2D eigenvalue weighted by atomic mass is 35.5. The number of benzene rings is 2. The lowest BCUT2D eigenvalue weighted by Gasteiger charge is -2.42. The zero-order valence-corrected chi connectivity index (χ0v) is 21.3. The van der Waals surface area contributed by atoms with E-state index in [0.29, 0.717) is 29.7 Å². The zero-order valence-electron chi connectivity index (χ0n) is 19.8. The van der Waals surface area contributed by atoms with Gasteiger partial charge in [-0.3, -0.25) is 14.5 Å². The molecule has 2 aliphatic rings. The number of aliphatic carboxylic acids is 1. The van der Waals surface area contributed by atoms with Gasteiger partial charge in [-0.1, -0.05) is 54.4 Å². The Bertz CT molecular complexity index is 1030. The molecular formula is C27H32Cl2N2O4. The van der Waals surface area contributed by atoms with Gasteiger partial charge in [0.2, 0.25) is 5.91 Å². The number of carboxylic acids is 1. The summed E-state index contributed by atoms with van der Waals surface area (Å²) in [6, 6.07) is 15.7. The molecule has 2 aliphatic heterocycles. The van der Waals surface area contributed by atoms with Gasteiger partial charge in [-0.25, -0.2) is 0 Å². The van der Waals surface area contributed by atoms with Crippen molar-refractivity contribution in [1.29, 1.82) is 0 Å². The summed E-state index contributed by atoms with van der Waals surface area (Å²) in [5.74, 6) is -1.61. The Balaban J connectivity index is 1.61. The number of carboxylic acid groups (broad SMARTS) is 1. The van der Waals surface area contributed by atoms with E-state index in [2.05, 4.69) is 29.3 Å². The number of amides is 1. The number of nitrogens with zero attached hydrogens (tertiary/aromatic N) is 1. The lowest BCUT2D eigenvalue weighted by atomic mass is 9.73. The van der Waals surface area contributed by atoms with Gasteiger partial charge in [-0.05, 0) is 54.2 Å². The van der Waals surface area contributed by atoms with Crippen LogP contribution in [0.4, 0.5) is 0 Å². The Kier molecular flexibility index (Phi) is 8.71. The van der Waals surface area contributed by atoms with E-state index in [4.69, 9.17) is 27.9 Å². The number of piperidine rings is 1. The maximum atomic E-state index is 12.9. The van der Waals surface area contributed by atoms with Gasteiger partial charge in [0.25, 0.3) is 0 Å². The summed E-state index contributed by atoms with van der Waals surface area (Å²) in [5, 5.41) is 13.9. The highest BCUT2D eigenvalue weighted by Gasteiger charge is 2.41. The number of morpholine rings is 1. The van der Waals surface area contributed by atoms with Gasteiger partial charge in [0.05, 0.1) is 19.6 Å². The maximum Gasteiger partial charge on any atom is 0.304 e. The summed E-state index contributed by atoms with van der Waals surface area (Å²) in [7, 11) is 0. The molecule has 4 rings (SSSR count). The number of hydrogen-bond acceptors (Lipinski definition) is 4. The first-order valence-electron chi connectivity index (χ1n) is 12.2. The average Bonchev–Trinajstić information content (AvgIpc) is 2.84. The SMILES string of the molecule is CC(CC(c1ccc(Cl)cc1)N1CCOCC1)C1NC(=O)C(CC(=O)O)CC1c1cccc(Cl)c1. The smallest absolute Gasteiger partial charge is 0.304 e. The van der Waals surface area contributed by atoms with E-state index in [1.165, 1.54) is 5.56 Å². The van der Waals surface area contributed by atoms with E-state index >= 15 is 0 Å². The number of carbonyl (C=O) groups is 2. The van der Waals surface area contributed by atoms with Crippen molar-refractivity contribution in [1.82, 2.24) is 10.2 Å². The van der Waals surface area contributed by atoms with E-state index in [9.17, 15) is 14.7 Å². The van der Waals surface area contributed by atoms with Crippen molar-refractivity contribution in [3.63, 3.8) is 0 Å². The van der Waals surface area contributed by atoms with E-state index in [1.807, 2.05) is 36.4 Å². The molecule has 5 atom stereocenters.